The van der Waals surface area contributed by atoms with E-state index in [-0.39, 0.29) is 18.6 Å². The molecule has 0 saturated heterocycles. The van der Waals surface area contributed by atoms with Gasteiger partial charge < -0.3 is 10.0 Å². The average Bonchev–Trinajstić information content (AvgIpc) is 2.27. The van der Waals surface area contributed by atoms with Crippen LogP contribution in [0.5, 0.6) is 0 Å². The Hall–Kier alpha value is -1.76. The summed E-state index contributed by atoms with van der Waals surface area (Å²) in [5, 5.41) is 8.48. The number of benzene rings is 1. The Kier molecular flexibility index (Phi) is 5.17. The fourth-order valence-electron chi connectivity index (χ4n) is 1.49. The van der Waals surface area contributed by atoms with Crippen LogP contribution in [0.3, 0.4) is 0 Å². The molecule has 6 nitrogen and oxygen atoms in total. The summed E-state index contributed by atoms with van der Waals surface area (Å²) in [6.07, 6.45) is -0.0588. The van der Waals surface area contributed by atoms with E-state index >= 15 is 0 Å². The Bertz CT molecular complexity index is 540. The monoisotopic (exact) mass is 286 g/mol. The molecule has 19 heavy (non-hydrogen) atoms. The molecule has 106 valence electrons. The molecule has 0 aliphatic rings. The topological polar surface area (TPSA) is 86.7 Å². The summed E-state index contributed by atoms with van der Waals surface area (Å²) in [4.78, 5) is 12.2. The average molecular weight is 286 g/mol. The van der Waals surface area contributed by atoms with E-state index in [9.17, 15) is 13.2 Å². The molecule has 0 atom stereocenters. The van der Waals surface area contributed by atoms with Crippen LogP contribution in [0.4, 0.5) is 11.4 Å². The fraction of sp³-hybridized carbons (Fsp3) is 0.417. The van der Waals surface area contributed by atoms with E-state index in [0.717, 1.165) is 5.69 Å². The SMILES string of the molecule is CN(C)c1cccc(NS(=O)(=O)CCCC(=O)O)c1. The molecule has 1 rings (SSSR count). The zero-order valence-electron chi connectivity index (χ0n) is 11.0. The lowest BCUT2D eigenvalue weighted by molar-refractivity contribution is -0.137. The number of hydrogen-bond donors (Lipinski definition) is 2. The van der Waals surface area contributed by atoms with Gasteiger partial charge in [0.05, 0.1) is 11.4 Å². The minimum atomic E-state index is -3.50. The molecule has 0 unspecified atom stereocenters. The van der Waals surface area contributed by atoms with Gasteiger partial charge >= 0.3 is 5.97 Å². The molecule has 2 N–H and O–H groups in total. The second kappa shape index (κ2) is 6.42. The molecule has 0 bridgehead atoms. The molecule has 0 aliphatic carbocycles. The normalized spacial score (nSPS) is 11.1. The molecule has 1 aromatic rings. The molecular formula is C12H18N2O4S. The zero-order valence-corrected chi connectivity index (χ0v) is 11.8. The molecule has 0 aliphatic heterocycles. The number of nitrogens with zero attached hydrogens (tertiary/aromatic N) is 1. The van der Waals surface area contributed by atoms with Crippen LogP contribution in [0.25, 0.3) is 0 Å². The smallest absolute Gasteiger partial charge is 0.303 e. The van der Waals surface area contributed by atoms with Crippen molar-refractivity contribution in [1.82, 2.24) is 0 Å². The van der Waals surface area contributed by atoms with Gasteiger partial charge in [-0.3, -0.25) is 9.52 Å². The quantitative estimate of drug-likeness (QED) is 0.790. The van der Waals surface area contributed by atoms with Gasteiger partial charge in [-0.25, -0.2) is 8.42 Å². The molecule has 0 spiro atoms. The zero-order chi connectivity index (χ0) is 14.5. The van der Waals surface area contributed by atoms with E-state index in [1.165, 1.54) is 0 Å². The van der Waals surface area contributed by atoms with Crippen molar-refractivity contribution in [1.29, 1.82) is 0 Å². The van der Waals surface area contributed by atoms with E-state index < -0.39 is 16.0 Å². The number of rotatable bonds is 7. The van der Waals surface area contributed by atoms with Crippen LogP contribution in [0.2, 0.25) is 0 Å². The van der Waals surface area contributed by atoms with Crippen molar-refractivity contribution in [3.63, 3.8) is 0 Å². The minimum absolute atomic E-state index is 0.0953. The van der Waals surface area contributed by atoms with Gasteiger partial charge in [0.15, 0.2) is 0 Å². The van der Waals surface area contributed by atoms with E-state index in [0.29, 0.717) is 5.69 Å². The summed E-state index contributed by atoms with van der Waals surface area (Å²) in [6.45, 7) is 0. The second-order valence-electron chi connectivity index (χ2n) is 4.36. The highest BCUT2D eigenvalue weighted by Gasteiger charge is 2.11. The summed E-state index contributed by atoms with van der Waals surface area (Å²) < 4.78 is 25.9. The Morgan fingerprint density at radius 3 is 2.63 bits per heavy atom. The van der Waals surface area contributed by atoms with Gasteiger partial charge in [-0.2, -0.15) is 0 Å². The summed E-state index contributed by atoms with van der Waals surface area (Å²) in [5.74, 6) is -1.20. The van der Waals surface area contributed by atoms with Crippen LogP contribution >= 0.6 is 0 Å². The third-order valence-corrected chi connectivity index (χ3v) is 3.81. The first-order valence-electron chi connectivity index (χ1n) is 5.80. The summed E-state index contributed by atoms with van der Waals surface area (Å²) >= 11 is 0. The van der Waals surface area contributed by atoms with E-state index in [1.807, 2.05) is 25.1 Å². The Balaban J connectivity index is 2.67. The highest BCUT2D eigenvalue weighted by atomic mass is 32.2. The molecule has 0 saturated carbocycles. The predicted octanol–water partition coefficient (Wildman–Crippen LogP) is 1.36. The van der Waals surface area contributed by atoms with Gasteiger partial charge in [0.2, 0.25) is 10.0 Å². The van der Waals surface area contributed by atoms with Crippen LogP contribution < -0.4 is 9.62 Å². The summed E-state index contributed by atoms with van der Waals surface area (Å²) in [6, 6.07) is 6.99. The van der Waals surface area contributed by atoms with Gasteiger partial charge in [-0.1, -0.05) is 6.07 Å². The van der Waals surface area contributed by atoms with Crippen LogP contribution in [0.15, 0.2) is 24.3 Å². The molecule has 0 heterocycles. The van der Waals surface area contributed by atoms with Crippen LogP contribution in [0, 0.1) is 0 Å². The number of carboxylic acids is 1. The van der Waals surface area contributed by atoms with Crippen molar-refractivity contribution in [3.05, 3.63) is 24.3 Å². The van der Waals surface area contributed by atoms with E-state index in [4.69, 9.17) is 5.11 Å². The number of anilines is 2. The number of carbonyl (C=O) groups is 1. The first-order valence-corrected chi connectivity index (χ1v) is 7.45. The number of carboxylic acid groups (broad SMARTS) is 1. The van der Waals surface area contributed by atoms with Gasteiger partial charge in [-0.05, 0) is 24.6 Å². The van der Waals surface area contributed by atoms with Gasteiger partial charge in [-0.15, -0.1) is 0 Å². The first-order chi connectivity index (χ1) is 8.80. The minimum Gasteiger partial charge on any atom is -0.481 e. The number of sulfonamides is 1. The van der Waals surface area contributed by atoms with Crippen LogP contribution in [0.1, 0.15) is 12.8 Å². The third kappa shape index (κ3) is 5.60. The van der Waals surface area contributed by atoms with Crippen LogP contribution in [-0.4, -0.2) is 39.3 Å². The lowest BCUT2D eigenvalue weighted by Crippen LogP contribution is -2.18. The predicted molar refractivity (Wildman–Crippen MR) is 75.0 cm³/mol. The van der Waals surface area contributed by atoms with Crippen molar-refractivity contribution in [2.24, 2.45) is 0 Å². The van der Waals surface area contributed by atoms with Crippen LogP contribution in [-0.2, 0) is 14.8 Å². The molecule has 1 aromatic carbocycles. The van der Waals surface area contributed by atoms with Crippen molar-refractivity contribution < 1.29 is 18.3 Å². The van der Waals surface area contributed by atoms with Gasteiger partial charge in [0.25, 0.3) is 0 Å². The first kappa shape index (κ1) is 15.3. The van der Waals surface area contributed by atoms with Crippen molar-refractivity contribution in [2.45, 2.75) is 12.8 Å². The summed E-state index contributed by atoms with van der Waals surface area (Å²) in [7, 11) is 0.219. The standard InChI is InChI=1S/C12H18N2O4S/c1-14(2)11-6-3-5-10(9-11)13-19(17,18)8-4-7-12(15)16/h3,5-6,9,13H,4,7-8H2,1-2H3,(H,15,16). The van der Waals surface area contributed by atoms with Crippen molar-refractivity contribution in [2.75, 3.05) is 29.5 Å². The molecule has 7 heteroatoms. The molecule has 0 radical (unpaired) electrons. The Morgan fingerprint density at radius 2 is 2.05 bits per heavy atom. The highest BCUT2D eigenvalue weighted by Crippen LogP contribution is 2.18. The van der Waals surface area contributed by atoms with E-state index in [2.05, 4.69) is 4.72 Å². The highest BCUT2D eigenvalue weighted by molar-refractivity contribution is 7.92. The molecule has 0 aromatic heterocycles. The number of nitrogens with one attached hydrogen (secondary N) is 1. The third-order valence-electron chi connectivity index (χ3n) is 2.44. The Labute approximate surface area is 113 Å². The lowest BCUT2D eigenvalue weighted by atomic mass is 10.3. The maximum absolute atomic E-state index is 11.7. The molecule has 0 amide bonds. The van der Waals surface area contributed by atoms with E-state index in [1.54, 1.807) is 18.2 Å². The van der Waals surface area contributed by atoms with Gasteiger partial charge in [0.1, 0.15) is 0 Å². The maximum Gasteiger partial charge on any atom is 0.303 e. The van der Waals surface area contributed by atoms with Gasteiger partial charge in [0, 0.05) is 26.2 Å². The van der Waals surface area contributed by atoms with Crippen molar-refractivity contribution >= 4 is 27.4 Å². The number of hydrogen-bond acceptors (Lipinski definition) is 4. The lowest BCUT2D eigenvalue weighted by Gasteiger charge is -2.14. The second-order valence-corrected chi connectivity index (χ2v) is 6.20. The van der Waals surface area contributed by atoms with Crippen molar-refractivity contribution in [3.8, 4) is 0 Å². The Morgan fingerprint density at radius 1 is 1.37 bits per heavy atom. The summed E-state index contributed by atoms with van der Waals surface area (Å²) in [5.41, 5.74) is 1.35. The number of aliphatic carboxylic acids is 1. The maximum atomic E-state index is 11.7. The largest absolute Gasteiger partial charge is 0.481 e. The fourth-order valence-corrected chi connectivity index (χ4v) is 2.60. The molecular weight excluding hydrogens is 268 g/mol. The molecule has 0 fully saturated rings.